The quantitative estimate of drug-likeness (QED) is 0.848. The molecule has 0 unspecified atom stereocenters. The Morgan fingerprint density at radius 3 is 2.60 bits per heavy atom. The molecule has 0 radical (unpaired) electrons. The summed E-state index contributed by atoms with van der Waals surface area (Å²) in [4.78, 5) is 16.6. The van der Waals surface area contributed by atoms with Crippen LogP contribution in [0.5, 0.6) is 0 Å². The van der Waals surface area contributed by atoms with Crippen molar-refractivity contribution in [3.8, 4) is 0 Å². The SMILES string of the molecule is CCN(CC)CC1CCN(C(=O)c2[nH]ncc2N)CC1. The molecule has 0 aromatic carbocycles. The highest BCUT2D eigenvalue weighted by atomic mass is 16.2. The number of H-pyrrole nitrogens is 1. The zero-order valence-electron chi connectivity index (χ0n) is 12.4. The Morgan fingerprint density at radius 2 is 2.10 bits per heavy atom. The van der Waals surface area contributed by atoms with Gasteiger partial charge in [-0.15, -0.1) is 0 Å². The number of piperidine rings is 1. The number of likely N-dealkylation sites (tertiary alicyclic amines) is 1. The Hall–Kier alpha value is -1.56. The summed E-state index contributed by atoms with van der Waals surface area (Å²) >= 11 is 0. The van der Waals surface area contributed by atoms with Gasteiger partial charge in [0.2, 0.25) is 0 Å². The Labute approximate surface area is 120 Å². The van der Waals surface area contributed by atoms with Gasteiger partial charge in [-0.3, -0.25) is 9.89 Å². The van der Waals surface area contributed by atoms with Gasteiger partial charge in [0, 0.05) is 19.6 Å². The second-order valence-corrected chi connectivity index (χ2v) is 5.42. The molecular formula is C14H25N5O. The van der Waals surface area contributed by atoms with Crippen molar-refractivity contribution in [2.45, 2.75) is 26.7 Å². The number of hydrogen-bond donors (Lipinski definition) is 2. The number of hydrogen-bond acceptors (Lipinski definition) is 4. The summed E-state index contributed by atoms with van der Waals surface area (Å²) in [5, 5.41) is 6.50. The van der Waals surface area contributed by atoms with E-state index in [0.29, 0.717) is 17.3 Å². The molecule has 6 heteroatoms. The van der Waals surface area contributed by atoms with E-state index in [0.717, 1.165) is 45.6 Å². The van der Waals surface area contributed by atoms with Crippen LogP contribution in [0, 0.1) is 5.92 Å². The van der Waals surface area contributed by atoms with Crippen LogP contribution in [0.1, 0.15) is 37.2 Å². The van der Waals surface area contributed by atoms with Crippen LogP contribution in [0.4, 0.5) is 5.69 Å². The Balaban J connectivity index is 1.85. The third-order valence-corrected chi connectivity index (χ3v) is 4.20. The first-order chi connectivity index (χ1) is 9.65. The number of nitrogen functional groups attached to an aromatic ring is 1. The second-order valence-electron chi connectivity index (χ2n) is 5.42. The lowest BCUT2D eigenvalue weighted by atomic mass is 9.96. The van der Waals surface area contributed by atoms with Crippen molar-refractivity contribution in [2.75, 3.05) is 38.5 Å². The Bertz CT molecular complexity index is 433. The van der Waals surface area contributed by atoms with Gasteiger partial charge < -0.3 is 15.5 Å². The summed E-state index contributed by atoms with van der Waals surface area (Å²) < 4.78 is 0. The molecule has 3 N–H and O–H groups in total. The maximum absolute atomic E-state index is 12.3. The first kappa shape index (κ1) is 14.8. The number of amides is 1. The number of nitrogens with zero attached hydrogens (tertiary/aromatic N) is 3. The third-order valence-electron chi connectivity index (χ3n) is 4.20. The molecule has 6 nitrogen and oxygen atoms in total. The van der Waals surface area contributed by atoms with Gasteiger partial charge in [0.1, 0.15) is 5.69 Å². The van der Waals surface area contributed by atoms with Crippen LogP contribution < -0.4 is 5.73 Å². The fourth-order valence-electron chi connectivity index (χ4n) is 2.79. The number of carbonyl (C=O) groups is 1. The molecule has 1 amide bonds. The number of nitrogens with one attached hydrogen (secondary N) is 1. The first-order valence-electron chi connectivity index (χ1n) is 7.46. The summed E-state index contributed by atoms with van der Waals surface area (Å²) in [7, 11) is 0. The Morgan fingerprint density at radius 1 is 1.45 bits per heavy atom. The highest BCUT2D eigenvalue weighted by Crippen LogP contribution is 2.21. The number of nitrogens with two attached hydrogens (primary N) is 1. The molecule has 1 aromatic rings. The van der Waals surface area contributed by atoms with E-state index in [2.05, 4.69) is 28.9 Å². The van der Waals surface area contributed by atoms with Crippen LogP contribution >= 0.6 is 0 Å². The maximum atomic E-state index is 12.3. The van der Waals surface area contributed by atoms with Crippen LogP contribution in [-0.2, 0) is 0 Å². The average Bonchev–Trinajstić information content (AvgIpc) is 2.91. The lowest BCUT2D eigenvalue weighted by Gasteiger charge is -2.34. The molecule has 0 spiro atoms. The van der Waals surface area contributed by atoms with Gasteiger partial charge in [0.15, 0.2) is 0 Å². The smallest absolute Gasteiger partial charge is 0.274 e. The molecule has 0 atom stereocenters. The maximum Gasteiger partial charge on any atom is 0.274 e. The Kier molecular flexibility index (Phi) is 5.00. The summed E-state index contributed by atoms with van der Waals surface area (Å²) in [5.74, 6) is 0.666. The van der Waals surface area contributed by atoms with Gasteiger partial charge in [-0.25, -0.2) is 0 Å². The molecule has 2 rings (SSSR count). The van der Waals surface area contributed by atoms with Gasteiger partial charge in [-0.2, -0.15) is 5.10 Å². The number of aromatic nitrogens is 2. The van der Waals surface area contributed by atoms with E-state index in [9.17, 15) is 4.79 Å². The summed E-state index contributed by atoms with van der Waals surface area (Å²) in [6, 6.07) is 0. The minimum atomic E-state index is -0.0266. The number of aromatic amines is 1. The van der Waals surface area contributed by atoms with Crippen molar-refractivity contribution >= 4 is 11.6 Å². The van der Waals surface area contributed by atoms with Crippen LogP contribution in [0.2, 0.25) is 0 Å². The summed E-state index contributed by atoms with van der Waals surface area (Å²) in [5.41, 5.74) is 6.58. The molecule has 0 bridgehead atoms. The average molecular weight is 279 g/mol. The van der Waals surface area contributed by atoms with Crippen molar-refractivity contribution < 1.29 is 4.79 Å². The highest BCUT2D eigenvalue weighted by molar-refractivity contribution is 5.97. The van der Waals surface area contributed by atoms with Crippen LogP contribution in [0.15, 0.2) is 6.20 Å². The standard InChI is InChI=1S/C14H25N5O/c1-3-18(4-2)10-11-5-7-19(8-6-11)14(20)13-12(15)9-16-17-13/h9,11H,3-8,10,15H2,1-2H3,(H,16,17). The van der Waals surface area contributed by atoms with E-state index in [1.165, 1.54) is 6.20 Å². The van der Waals surface area contributed by atoms with Crippen LogP contribution in [0.3, 0.4) is 0 Å². The fourth-order valence-corrected chi connectivity index (χ4v) is 2.79. The highest BCUT2D eigenvalue weighted by Gasteiger charge is 2.26. The van der Waals surface area contributed by atoms with Crippen LogP contribution in [0.25, 0.3) is 0 Å². The van der Waals surface area contributed by atoms with Crippen molar-refractivity contribution in [3.63, 3.8) is 0 Å². The van der Waals surface area contributed by atoms with Crippen molar-refractivity contribution in [1.29, 1.82) is 0 Å². The topological polar surface area (TPSA) is 78.2 Å². The lowest BCUT2D eigenvalue weighted by Crippen LogP contribution is -2.41. The first-order valence-corrected chi connectivity index (χ1v) is 7.46. The van der Waals surface area contributed by atoms with Gasteiger partial charge >= 0.3 is 0 Å². The van der Waals surface area contributed by atoms with E-state index < -0.39 is 0 Å². The van der Waals surface area contributed by atoms with Crippen LogP contribution in [-0.4, -0.2) is 58.6 Å². The zero-order chi connectivity index (χ0) is 14.5. The van der Waals surface area contributed by atoms with Crippen molar-refractivity contribution in [2.24, 2.45) is 5.92 Å². The molecule has 1 fully saturated rings. The van der Waals surface area contributed by atoms with E-state index >= 15 is 0 Å². The molecule has 0 aliphatic carbocycles. The van der Waals surface area contributed by atoms with E-state index in [-0.39, 0.29) is 5.91 Å². The molecular weight excluding hydrogens is 254 g/mol. The van der Waals surface area contributed by atoms with Crippen molar-refractivity contribution in [3.05, 3.63) is 11.9 Å². The van der Waals surface area contributed by atoms with E-state index in [1.807, 2.05) is 4.90 Å². The monoisotopic (exact) mass is 279 g/mol. The molecule has 0 saturated carbocycles. The number of carbonyl (C=O) groups excluding carboxylic acids is 1. The normalized spacial score (nSPS) is 16.9. The van der Waals surface area contributed by atoms with E-state index in [1.54, 1.807) is 0 Å². The molecule has 1 aromatic heterocycles. The van der Waals surface area contributed by atoms with Gasteiger partial charge in [-0.05, 0) is 31.8 Å². The van der Waals surface area contributed by atoms with Gasteiger partial charge in [0.25, 0.3) is 5.91 Å². The summed E-state index contributed by atoms with van der Waals surface area (Å²) in [6.45, 7) is 9.35. The second kappa shape index (κ2) is 6.74. The van der Waals surface area contributed by atoms with Crippen molar-refractivity contribution in [1.82, 2.24) is 20.0 Å². The zero-order valence-corrected chi connectivity index (χ0v) is 12.4. The van der Waals surface area contributed by atoms with Gasteiger partial charge in [-0.1, -0.05) is 13.8 Å². The summed E-state index contributed by atoms with van der Waals surface area (Å²) in [6.07, 6.45) is 3.62. The molecule has 1 saturated heterocycles. The lowest BCUT2D eigenvalue weighted by molar-refractivity contribution is 0.0665. The fraction of sp³-hybridized carbons (Fsp3) is 0.714. The predicted octanol–water partition coefficient (Wildman–Crippen LogP) is 1.19. The molecule has 112 valence electrons. The molecule has 1 aliphatic rings. The number of anilines is 1. The predicted molar refractivity (Wildman–Crippen MR) is 79.4 cm³/mol. The number of rotatable bonds is 5. The molecule has 1 aliphatic heterocycles. The van der Waals surface area contributed by atoms with Gasteiger partial charge in [0.05, 0.1) is 11.9 Å². The molecule has 2 heterocycles. The van der Waals surface area contributed by atoms with E-state index in [4.69, 9.17) is 5.73 Å². The minimum Gasteiger partial charge on any atom is -0.396 e. The minimum absolute atomic E-state index is 0.0266. The molecule has 20 heavy (non-hydrogen) atoms. The largest absolute Gasteiger partial charge is 0.396 e. The third kappa shape index (κ3) is 3.30.